The van der Waals surface area contributed by atoms with Crippen LogP contribution in [-0.2, 0) is 9.53 Å². The van der Waals surface area contributed by atoms with Gasteiger partial charge in [0.25, 0.3) is 0 Å². The Kier molecular flexibility index (Phi) is 8.00. The Morgan fingerprint density at radius 1 is 1.45 bits per heavy atom. The zero-order valence-electron chi connectivity index (χ0n) is 6.51. The molecular formula is C8H13IO2. The van der Waals surface area contributed by atoms with Crippen molar-refractivity contribution in [3.63, 3.8) is 0 Å². The van der Waals surface area contributed by atoms with E-state index in [0.717, 1.165) is 12.8 Å². The molecule has 0 bridgehead atoms. The number of hydrogen-bond acceptors (Lipinski definition) is 2. The molecule has 0 heterocycles. The van der Waals surface area contributed by atoms with Gasteiger partial charge in [0.2, 0.25) is 0 Å². The van der Waals surface area contributed by atoms with E-state index in [2.05, 4.69) is 29.2 Å². The zero-order valence-corrected chi connectivity index (χ0v) is 8.67. The van der Waals surface area contributed by atoms with Crippen molar-refractivity contribution in [2.24, 2.45) is 0 Å². The fraction of sp³-hybridized carbons (Fsp3) is 0.625. The second-order valence-corrected chi connectivity index (χ2v) is 3.20. The summed E-state index contributed by atoms with van der Waals surface area (Å²) in [5.41, 5.74) is 0. The van der Waals surface area contributed by atoms with Gasteiger partial charge in [-0.25, -0.2) is 4.79 Å². The Morgan fingerprint density at radius 2 is 2.18 bits per heavy atom. The van der Waals surface area contributed by atoms with Crippen molar-refractivity contribution >= 4 is 28.6 Å². The van der Waals surface area contributed by atoms with Gasteiger partial charge in [-0.2, -0.15) is 0 Å². The van der Waals surface area contributed by atoms with Crippen molar-refractivity contribution in [2.45, 2.75) is 19.3 Å². The molecule has 0 aromatic carbocycles. The molecule has 0 saturated carbocycles. The highest BCUT2D eigenvalue weighted by Gasteiger charge is 1.93. The SMILES string of the molecule is C=CC(=O)OCCCCCI. The summed E-state index contributed by atoms with van der Waals surface area (Å²) < 4.78 is 5.95. The second kappa shape index (κ2) is 8.04. The summed E-state index contributed by atoms with van der Waals surface area (Å²) >= 11 is 2.34. The highest BCUT2D eigenvalue weighted by molar-refractivity contribution is 14.1. The monoisotopic (exact) mass is 268 g/mol. The summed E-state index contributed by atoms with van der Waals surface area (Å²) in [6, 6.07) is 0. The maximum atomic E-state index is 10.5. The Hall–Kier alpha value is -0.0600. The number of hydrogen-bond donors (Lipinski definition) is 0. The maximum absolute atomic E-state index is 10.5. The van der Waals surface area contributed by atoms with Crippen LogP contribution >= 0.6 is 22.6 Å². The molecule has 0 aromatic heterocycles. The molecule has 0 radical (unpaired) electrons. The van der Waals surface area contributed by atoms with Crippen molar-refractivity contribution in [3.8, 4) is 0 Å². The first-order chi connectivity index (χ1) is 5.31. The first-order valence-electron chi connectivity index (χ1n) is 3.66. The highest BCUT2D eigenvalue weighted by atomic mass is 127. The Labute approximate surface area is 81.1 Å². The predicted molar refractivity (Wildman–Crippen MR) is 53.9 cm³/mol. The fourth-order valence-electron chi connectivity index (χ4n) is 0.605. The molecule has 0 fully saturated rings. The lowest BCUT2D eigenvalue weighted by Gasteiger charge is -1.99. The lowest BCUT2D eigenvalue weighted by atomic mass is 10.3. The van der Waals surface area contributed by atoms with Crippen LogP contribution in [0.3, 0.4) is 0 Å². The fourth-order valence-corrected chi connectivity index (χ4v) is 1.14. The van der Waals surface area contributed by atoms with Crippen LogP contribution < -0.4 is 0 Å². The quantitative estimate of drug-likeness (QED) is 0.243. The molecule has 0 unspecified atom stereocenters. The van der Waals surface area contributed by atoms with E-state index in [0.29, 0.717) is 6.61 Å². The highest BCUT2D eigenvalue weighted by Crippen LogP contribution is 1.99. The van der Waals surface area contributed by atoms with Gasteiger partial charge in [0.1, 0.15) is 0 Å². The van der Waals surface area contributed by atoms with E-state index in [1.54, 1.807) is 0 Å². The van der Waals surface area contributed by atoms with Crippen LogP contribution in [0, 0.1) is 0 Å². The van der Waals surface area contributed by atoms with Crippen LogP contribution in [0.15, 0.2) is 12.7 Å². The van der Waals surface area contributed by atoms with E-state index in [9.17, 15) is 4.79 Å². The van der Waals surface area contributed by atoms with Gasteiger partial charge in [-0.05, 0) is 23.7 Å². The molecule has 0 aromatic rings. The number of esters is 1. The molecule has 0 spiro atoms. The normalized spacial score (nSPS) is 9.18. The number of carbonyl (C=O) groups excluding carboxylic acids is 1. The average Bonchev–Trinajstić information content (AvgIpc) is 2.04. The second-order valence-electron chi connectivity index (χ2n) is 2.12. The molecule has 0 atom stereocenters. The van der Waals surface area contributed by atoms with Gasteiger partial charge in [-0.15, -0.1) is 0 Å². The molecule has 0 aliphatic heterocycles. The standard InChI is InChI=1S/C8H13IO2/c1-2-8(10)11-7-5-3-4-6-9/h2H,1,3-7H2. The Morgan fingerprint density at radius 3 is 2.73 bits per heavy atom. The van der Waals surface area contributed by atoms with E-state index < -0.39 is 0 Å². The summed E-state index contributed by atoms with van der Waals surface area (Å²) in [6.07, 6.45) is 4.49. The first-order valence-corrected chi connectivity index (χ1v) is 5.19. The molecular weight excluding hydrogens is 255 g/mol. The summed E-state index contributed by atoms with van der Waals surface area (Å²) in [7, 11) is 0. The number of alkyl halides is 1. The molecule has 0 saturated heterocycles. The topological polar surface area (TPSA) is 26.3 Å². The van der Waals surface area contributed by atoms with Gasteiger partial charge in [-0.1, -0.05) is 29.2 Å². The van der Waals surface area contributed by atoms with Gasteiger partial charge in [0.15, 0.2) is 0 Å². The van der Waals surface area contributed by atoms with Crippen LogP contribution in [0.4, 0.5) is 0 Å². The molecule has 0 aliphatic carbocycles. The molecule has 11 heavy (non-hydrogen) atoms. The number of carbonyl (C=O) groups is 1. The minimum absolute atomic E-state index is 0.320. The van der Waals surface area contributed by atoms with Crippen molar-refractivity contribution in [1.82, 2.24) is 0 Å². The smallest absolute Gasteiger partial charge is 0.330 e. The molecule has 2 nitrogen and oxygen atoms in total. The van der Waals surface area contributed by atoms with E-state index >= 15 is 0 Å². The van der Waals surface area contributed by atoms with Crippen molar-refractivity contribution in [3.05, 3.63) is 12.7 Å². The molecule has 0 amide bonds. The number of halogens is 1. The van der Waals surface area contributed by atoms with E-state index in [1.165, 1.54) is 16.9 Å². The summed E-state index contributed by atoms with van der Waals surface area (Å²) in [4.78, 5) is 10.5. The summed E-state index contributed by atoms with van der Waals surface area (Å²) in [5, 5.41) is 0. The van der Waals surface area contributed by atoms with Gasteiger partial charge in [-0.3, -0.25) is 0 Å². The van der Waals surface area contributed by atoms with Crippen LogP contribution in [0.25, 0.3) is 0 Å². The van der Waals surface area contributed by atoms with E-state index in [1.807, 2.05) is 0 Å². The summed E-state index contributed by atoms with van der Waals surface area (Å²) in [5.74, 6) is -0.320. The van der Waals surface area contributed by atoms with E-state index in [4.69, 9.17) is 4.74 Å². The molecule has 0 rings (SSSR count). The van der Waals surface area contributed by atoms with Crippen molar-refractivity contribution < 1.29 is 9.53 Å². The van der Waals surface area contributed by atoms with Crippen LogP contribution in [-0.4, -0.2) is 17.0 Å². The van der Waals surface area contributed by atoms with Crippen molar-refractivity contribution in [1.29, 1.82) is 0 Å². The van der Waals surface area contributed by atoms with Crippen molar-refractivity contribution in [2.75, 3.05) is 11.0 Å². The maximum Gasteiger partial charge on any atom is 0.330 e. The zero-order chi connectivity index (χ0) is 8.53. The minimum atomic E-state index is -0.320. The molecule has 64 valence electrons. The third-order valence-corrected chi connectivity index (χ3v) is 1.95. The van der Waals surface area contributed by atoms with Gasteiger partial charge >= 0.3 is 5.97 Å². The third-order valence-electron chi connectivity index (χ3n) is 1.19. The lowest BCUT2D eigenvalue weighted by Crippen LogP contribution is -2.01. The van der Waals surface area contributed by atoms with Crippen LogP contribution in [0.1, 0.15) is 19.3 Å². The summed E-state index contributed by atoms with van der Waals surface area (Å²) in [6.45, 7) is 3.83. The van der Waals surface area contributed by atoms with Gasteiger partial charge in [0.05, 0.1) is 6.61 Å². The Bertz CT molecular complexity index is 123. The lowest BCUT2D eigenvalue weighted by molar-refractivity contribution is -0.137. The van der Waals surface area contributed by atoms with E-state index in [-0.39, 0.29) is 5.97 Å². The number of rotatable bonds is 6. The number of ether oxygens (including phenoxy) is 1. The largest absolute Gasteiger partial charge is 0.463 e. The van der Waals surface area contributed by atoms with Gasteiger partial charge in [0, 0.05) is 6.08 Å². The first kappa shape index (κ1) is 10.9. The minimum Gasteiger partial charge on any atom is -0.463 e. The number of unbranched alkanes of at least 4 members (excludes halogenated alkanes) is 2. The molecule has 0 aliphatic rings. The third kappa shape index (κ3) is 7.84. The van der Waals surface area contributed by atoms with Crippen LogP contribution in [0.2, 0.25) is 0 Å². The molecule has 0 N–H and O–H groups in total. The average molecular weight is 268 g/mol. The van der Waals surface area contributed by atoms with Crippen LogP contribution in [0.5, 0.6) is 0 Å². The molecule has 3 heteroatoms. The van der Waals surface area contributed by atoms with Gasteiger partial charge < -0.3 is 4.74 Å². The predicted octanol–water partition coefficient (Wildman–Crippen LogP) is 2.32. The Balaban J connectivity index is 3.01.